The molecule has 1 heterocycles. The third-order valence-electron chi connectivity index (χ3n) is 3.40. The van der Waals surface area contributed by atoms with Crippen molar-refractivity contribution in [3.05, 3.63) is 47.8 Å². The number of benzene rings is 1. The van der Waals surface area contributed by atoms with Gasteiger partial charge in [-0.3, -0.25) is 4.68 Å². The van der Waals surface area contributed by atoms with Crippen LogP contribution in [-0.2, 0) is 13.6 Å². The number of aliphatic hydroxyl groups excluding tert-OH is 1. The van der Waals surface area contributed by atoms with Gasteiger partial charge in [0, 0.05) is 37.0 Å². The molecule has 0 aliphatic carbocycles. The summed E-state index contributed by atoms with van der Waals surface area (Å²) in [6.45, 7) is 3.21. The van der Waals surface area contributed by atoms with Gasteiger partial charge in [0.2, 0.25) is 0 Å². The van der Waals surface area contributed by atoms with Crippen molar-refractivity contribution in [2.75, 3.05) is 13.2 Å². The average molecular weight is 289 g/mol. The molecule has 2 rings (SSSR count). The molecular weight excluding hydrogens is 266 g/mol. The lowest BCUT2D eigenvalue weighted by Crippen LogP contribution is -2.20. The van der Waals surface area contributed by atoms with Gasteiger partial charge in [-0.2, -0.15) is 5.10 Å². The van der Waals surface area contributed by atoms with Crippen LogP contribution in [0.2, 0.25) is 0 Å². The van der Waals surface area contributed by atoms with E-state index >= 15 is 0 Å². The maximum absolute atomic E-state index is 8.88. The molecule has 21 heavy (non-hydrogen) atoms. The minimum Gasteiger partial charge on any atom is -0.491 e. The zero-order valence-electron chi connectivity index (χ0n) is 12.6. The van der Waals surface area contributed by atoms with E-state index in [1.165, 1.54) is 5.56 Å². The van der Waals surface area contributed by atoms with E-state index in [1.807, 2.05) is 48.4 Å². The van der Waals surface area contributed by atoms with Gasteiger partial charge >= 0.3 is 0 Å². The summed E-state index contributed by atoms with van der Waals surface area (Å²) >= 11 is 0. The van der Waals surface area contributed by atoms with Crippen molar-refractivity contribution in [2.24, 2.45) is 7.05 Å². The van der Waals surface area contributed by atoms with Gasteiger partial charge in [-0.1, -0.05) is 25.1 Å². The highest BCUT2D eigenvalue weighted by Crippen LogP contribution is 2.21. The Labute approximate surface area is 125 Å². The van der Waals surface area contributed by atoms with E-state index in [4.69, 9.17) is 9.84 Å². The number of hydrogen-bond acceptors (Lipinski definition) is 4. The molecule has 1 aromatic heterocycles. The van der Waals surface area contributed by atoms with Gasteiger partial charge in [0.1, 0.15) is 12.4 Å². The van der Waals surface area contributed by atoms with Crippen LogP contribution in [0.25, 0.3) is 0 Å². The highest BCUT2D eigenvalue weighted by atomic mass is 16.5. The summed E-state index contributed by atoms with van der Waals surface area (Å²) < 4.78 is 7.37. The minimum absolute atomic E-state index is 0.0228. The highest BCUT2D eigenvalue weighted by molar-refractivity contribution is 5.33. The largest absolute Gasteiger partial charge is 0.491 e. The second kappa shape index (κ2) is 7.81. The zero-order valence-corrected chi connectivity index (χ0v) is 12.6. The first kappa shape index (κ1) is 15.5. The second-order valence-corrected chi connectivity index (χ2v) is 4.97. The summed E-state index contributed by atoms with van der Waals surface area (Å²) in [5.41, 5.74) is 2.28. The Morgan fingerprint density at radius 1 is 1.38 bits per heavy atom. The number of para-hydroxylation sites is 1. The van der Waals surface area contributed by atoms with E-state index in [1.54, 1.807) is 0 Å². The van der Waals surface area contributed by atoms with Gasteiger partial charge in [0.15, 0.2) is 0 Å². The lowest BCUT2D eigenvalue weighted by molar-refractivity contribution is 0.200. The maximum Gasteiger partial charge on any atom is 0.123 e. The number of aryl methyl sites for hydroxylation is 1. The number of ether oxygens (including phenoxy) is 1. The molecule has 0 fully saturated rings. The number of nitrogens with one attached hydrogen (secondary N) is 1. The topological polar surface area (TPSA) is 59.3 Å². The molecule has 0 spiro atoms. The van der Waals surface area contributed by atoms with E-state index in [0.717, 1.165) is 24.3 Å². The molecule has 2 N–H and O–H groups in total. The van der Waals surface area contributed by atoms with E-state index in [2.05, 4.69) is 17.3 Å². The second-order valence-electron chi connectivity index (χ2n) is 4.97. The summed E-state index contributed by atoms with van der Waals surface area (Å²) in [4.78, 5) is 0. The smallest absolute Gasteiger partial charge is 0.123 e. The number of rotatable bonds is 8. The van der Waals surface area contributed by atoms with Crippen molar-refractivity contribution in [1.29, 1.82) is 0 Å². The van der Waals surface area contributed by atoms with Gasteiger partial charge in [-0.05, 0) is 12.5 Å². The number of aromatic nitrogens is 2. The first-order chi connectivity index (χ1) is 10.2. The summed E-state index contributed by atoms with van der Waals surface area (Å²) in [7, 11) is 1.92. The fraction of sp³-hybridized carbons (Fsp3) is 0.438. The van der Waals surface area contributed by atoms with E-state index in [0.29, 0.717) is 6.61 Å². The molecule has 0 radical (unpaired) electrons. The van der Waals surface area contributed by atoms with Crippen LogP contribution in [0, 0.1) is 0 Å². The van der Waals surface area contributed by atoms with E-state index in [9.17, 15) is 0 Å². The normalized spacial score (nSPS) is 12.3. The van der Waals surface area contributed by atoms with Crippen molar-refractivity contribution < 1.29 is 9.84 Å². The molecule has 0 bridgehead atoms. The first-order valence-electron chi connectivity index (χ1n) is 7.28. The molecule has 1 atom stereocenters. The van der Waals surface area contributed by atoms with Gasteiger partial charge in [-0.25, -0.2) is 0 Å². The fourth-order valence-electron chi connectivity index (χ4n) is 2.30. The highest BCUT2D eigenvalue weighted by Gasteiger charge is 2.11. The Morgan fingerprint density at radius 2 is 2.19 bits per heavy atom. The Balaban J connectivity index is 2.01. The molecule has 0 saturated carbocycles. The van der Waals surface area contributed by atoms with Crippen molar-refractivity contribution in [2.45, 2.75) is 25.9 Å². The molecule has 2 aromatic rings. The summed E-state index contributed by atoms with van der Waals surface area (Å²) in [6.07, 6.45) is 4.93. The lowest BCUT2D eigenvalue weighted by Gasteiger charge is -2.17. The third-order valence-corrected chi connectivity index (χ3v) is 3.40. The summed E-state index contributed by atoms with van der Waals surface area (Å²) in [5.74, 6) is 0.820. The number of nitrogens with zero attached hydrogens (tertiary/aromatic N) is 2. The third kappa shape index (κ3) is 4.31. The van der Waals surface area contributed by atoms with Crippen LogP contribution in [0.4, 0.5) is 0 Å². The molecule has 0 aliphatic rings. The van der Waals surface area contributed by atoms with Crippen molar-refractivity contribution in [3.8, 4) is 5.75 Å². The van der Waals surface area contributed by atoms with Crippen LogP contribution < -0.4 is 10.1 Å². The summed E-state index contributed by atoms with van der Waals surface area (Å²) in [6, 6.07) is 8.17. The van der Waals surface area contributed by atoms with E-state index in [-0.39, 0.29) is 12.6 Å². The minimum atomic E-state index is 0.0228. The maximum atomic E-state index is 8.88. The van der Waals surface area contributed by atoms with Crippen LogP contribution in [0.1, 0.15) is 30.5 Å². The van der Waals surface area contributed by atoms with Gasteiger partial charge in [0.25, 0.3) is 0 Å². The number of aliphatic hydroxyl groups is 1. The zero-order chi connectivity index (χ0) is 15.1. The molecule has 0 aliphatic heterocycles. The van der Waals surface area contributed by atoms with Crippen LogP contribution >= 0.6 is 0 Å². The molecular formula is C16H23N3O2. The van der Waals surface area contributed by atoms with Crippen molar-refractivity contribution in [1.82, 2.24) is 15.1 Å². The van der Waals surface area contributed by atoms with Crippen LogP contribution in [0.3, 0.4) is 0 Å². The fourth-order valence-corrected chi connectivity index (χ4v) is 2.30. The lowest BCUT2D eigenvalue weighted by atomic mass is 10.1. The summed E-state index contributed by atoms with van der Waals surface area (Å²) in [5, 5.41) is 16.6. The Morgan fingerprint density at radius 3 is 2.86 bits per heavy atom. The van der Waals surface area contributed by atoms with Crippen molar-refractivity contribution in [3.63, 3.8) is 0 Å². The molecule has 0 amide bonds. The Hall–Kier alpha value is -1.85. The molecule has 114 valence electrons. The molecule has 1 aromatic carbocycles. The Bertz CT molecular complexity index is 554. The van der Waals surface area contributed by atoms with Crippen molar-refractivity contribution >= 4 is 0 Å². The predicted molar refractivity (Wildman–Crippen MR) is 82.1 cm³/mol. The molecule has 0 saturated heterocycles. The first-order valence-corrected chi connectivity index (χ1v) is 7.28. The van der Waals surface area contributed by atoms with Crippen LogP contribution in [0.5, 0.6) is 5.75 Å². The molecule has 5 nitrogen and oxygen atoms in total. The quantitative estimate of drug-likeness (QED) is 0.780. The predicted octanol–water partition coefficient (Wildman–Crippen LogP) is 2.03. The monoisotopic (exact) mass is 289 g/mol. The molecule has 1 unspecified atom stereocenters. The van der Waals surface area contributed by atoms with Gasteiger partial charge in [-0.15, -0.1) is 0 Å². The van der Waals surface area contributed by atoms with Gasteiger partial charge < -0.3 is 15.2 Å². The number of hydrogen-bond donors (Lipinski definition) is 2. The molecule has 5 heteroatoms. The van der Waals surface area contributed by atoms with Crippen LogP contribution in [-0.4, -0.2) is 28.1 Å². The van der Waals surface area contributed by atoms with E-state index < -0.39 is 0 Å². The SMILES string of the molecule is CCC(NCc1ccccc1OCCO)c1cnn(C)c1. The van der Waals surface area contributed by atoms with Crippen LogP contribution in [0.15, 0.2) is 36.7 Å². The average Bonchev–Trinajstić information content (AvgIpc) is 2.93. The standard InChI is InChI=1S/C16H23N3O2/c1-3-15(14-11-18-19(2)12-14)17-10-13-6-4-5-7-16(13)21-9-8-20/h4-7,11-12,15,17,20H,3,8-10H2,1-2H3. The van der Waals surface area contributed by atoms with Gasteiger partial charge in [0.05, 0.1) is 12.8 Å². The Kier molecular flexibility index (Phi) is 5.78.